The fourth-order valence-electron chi connectivity index (χ4n) is 4.57. The molecular formula is C23H27N3O3. The Bertz CT molecular complexity index is 896. The number of para-hydroxylation sites is 1. The number of benzene rings is 1. The smallest absolute Gasteiger partial charge is 0.309 e. The SMILES string of the molecule is CCOC(=O)[C@@H]1[C@H]2CN(c3ccc(-c4ccccc4OC)nn3)C[C@@H]2C=C[C@@H]1C. The topological polar surface area (TPSA) is 64.5 Å². The Hall–Kier alpha value is -2.89. The highest BCUT2D eigenvalue weighted by Gasteiger charge is 2.45. The van der Waals surface area contributed by atoms with E-state index in [0.29, 0.717) is 12.5 Å². The first-order valence-electron chi connectivity index (χ1n) is 10.2. The summed E-state index contributed by atoms with van der Waals surface area (Å²) in [5.74, 6) is 2.18. The van der Waals surface area contributed by atoms with E-state index in [4.69, 9.17) is 9.47 Å². The minimum atomic E-state index is -0.101. The maximum Gasteiger partial charge on any atom is 0.309 e. The molecule has 1 aromatic heterocycles. The van der Waals surface area contributed by atoms with Crippen LogP contribution in [-0.2, 0) is 9.53 Å². The lowest BCUT2D eigenvalue weighted by atomic mass is 9.72. The molecule has 1 aliphatic heterocycles. The highest BCUT2D eigenvalue weighted by molar-refractivity contribution is 5.74. The minimum absolute atomic E-state index is 0.0844. The molecule has 2 heterocycles. The number of hydrogen-bond acceptors (Lipinski definition) is 6. The Morgan fingerprint density at radius 3 is 2.69 bits per heavy atom. The highest BCUT2D eigenvalue weighted by atomic mass is 16.5. The molecule has 1 aliphatic carbocycles. The number of anilines is 1. The fourth-order valence-corrected chi connectivity index (χ4v) is 4.57. The molecule has 2 aliphatic rings. The van der Waals surface area contributed by atoms with Crippen molar-refractivity contribution in [2.75, 3.05) is 31.7 Å². The highest BCUT2D eigenvalue weighted by Crippen LogP contribution is 2.41. The number of rotatable bonds is 5. The van der Waals surface area contributed by atoms with Crippen molar-refractivity contribution >= 4 is 11.8 Å². The van der Waals surface area contributed by atoms with E-state index >= 15 is 0 Å². The third-order valence-corrected chi connectivity index (χ3v) is 6.02. The molecular weight excluding hydrogens is 366 g/mol. The van der Waals surface area contributed by atoms with Crippen molar-refractivity contribution in [3.05, 3.63) is 48.6 Å². The van der Waals surface area contributed by atoms with Gasteiger partial charge in [0, 0.05) is 18.7 Å². The lowest BCUT2D eigenvalue weighted by Gasteiger charge is -2.31. The van der Waals surface area contributed by atoms with Crippen molar-refractivity contribution in [3.8, 4) is 17.0 Å². The van der Waals surface area contributed by atoms with Gasteiger partial charge in [-0.2, -0.15) is 0 Å². The zero-order chi connectivity index (χ0) is 20.4. The number of carbonyl (C=O) groups excluding carboxylic acids is 1. The van der Waals surface area contributed by atoms with Crippen LogP contribution < -0.4 is 9.64 Å². The van der Waals surface area contributed by atoms with Gasteiger partial charge in [-0.05, 0) is 48.9 Å². The van der Waals surface area contributed by atoms with E-state index in [-0.39, 0.29) is 23.7 Å². The quantitative estimate of drug-likeness (QED) is 0.571. The molecule has 0 amide bonds. The fraction of sp³-hybridized carbons (Fsp3) is 0.435. The maximum atomic E-state index is 12.5. The maximum absolute atomic E-state index is 12.5. The monoisotopic (exact) mass is 393 g/mol. The van der Waals surface area contributed by atoms with E-state index < -0.39 is 0 Å². The van der Waals surface area contributed by atoms with E-state index in [0.717, 1.165) is 35.9 Å². The predicted molar refractivity (Wildman–Crippen MR) is 112 cm³/mol. The standard InChI is InChI=1S/C23H27N3O3/c1-4-29-23(27)22-15(2)9-10-16-13-26(14-18(16)22)21-12-11-19(24-25-21)17-7-5-6-8-20(17)28-3/h5-12,15-16,18,22H,4,13-14H2,1-3H3/t15-,16-,18-,22-/m0/s1. The summed E-state index contributed by atoms with van der Waals surface area (Å²) in [6, 6.07) is 11.8. The molecule has 0 bridgehead atoms. The summed E-state index contributed by atoms with van der Waals surface area (Å²) in [6.07, 6.45) is 4.41. The average molecular weight is 393 g/mol. The normalized spacial score (nSPS) is 25.6. The van der Waals surface area contributed by atoms with E-state index in [1.165, 1.54) is 0 Å². The second-order valence-corrected chi connectivity index (χ2v) is 7.73. The molecule has 1 aromatic carbocycles. The van der Waals surface area contributed by atoms with Gasteiger partial charge >= 0.3 is 5.97 Å². The zero-order valence-corrected chi connectivity index (χ0v) is 17.1. The largest absolute Gasteiger partial charge is 0.496 e. The van der Waals surface area contributed by atoms with Crippen LogP contribution in [-0.4, -0.2) is 43.0 Å². The van der Waals surface area contributed by atoms with Gasteiger partial charge in [-0.25, -0.2) is 0 Å². The molecule has 0 N–H and O–H groups in total. The number of hydrogen-bond donors (Lipinski definition) is 0. The Labute approximate surface area is 171 Å². The molecule has 4 rings (SSSR count). The number of carbonyl (C=O) groups is 1. The van der Waals surface area contributed by atoms with Crippen LogP contribution in [0.15, 0.2) is 48.6 Å². The molecule has 2 aromatic rings. The summed E-state index contributed by atoms with van der Waals surface area (Å²) in [7, 11) is 1.65. The number of nitrogens with zero attached hydrogens (tertiary/aromatic N) is 3. The molecule has 1 saturated heterocycles. The van der Waals surface area contributed by atoms with Gasteiger partial charge in [-0.3, -0.25) is 4.79 Å². The molecule has 0 spiro atoms. The van der Waals surface area contributed by atoms with Gasteiger partial charge in [-0.15, -0.1) is 10.2 Å². The number of methoxy groups -OCH3 is 1. The van der Waals surface area contributed by atoms with Crippen molar-refractivity contribution in [2.45, 2.75) is 13.8 Å². The molecule has 0 radical (unpaired) electrons. The summed E-state index contributed by atoms with van der Waals surface area (Å²) in [6.45, 7) is 6.00. The molecule has 1 fully saturated rings. The first-order valence-corrected chi connectivity index (χ1v) is 10.2. The number of ether oxygens (including phenoxy) is 2. The van der Waals surface area contributed by atoms with Gasteiger partial charge in [0.15, 0.2) is 5.82 Å². The van der Waals surface area contributed by atoms with Crippen LogP contribution in [0, 0.1) is 23.7 Å². The van der Waals surface area contributed by atoms with Gasteiger partial charge in [-0.1, -0.05) is 31.2 Å². The molecule has 4 atom stereocenters. The second kappa shape index (κ2) is 8.23. The molecule has 152 valence electrons. The summed E-state index contributed by atoms with van der Waals surface area (Å²) < 4.78 is 10.8. The predicted octanol–water partition coefficient (Wildman–Crippen LogP) is 3.59. The zero-order valence-electron chi connectivity index (χ0n) is 17.1. The Kier molecular flexibility index (Phi) is 5.51. The third kappa shape index (κ3) is 3.71. The van der Waals surface area contributed by atoms with Crippen LogP contribution in [0.5, 0.6) is 5.75 Å². The molecule has 0 saturated carbocycles. The summed E-state index contributed by atoms with van der Waals surface area (Å²) in [5, 5.41) is 8.91. The van der Waals surface area contributed by atoms with Crippen LogP contribution >= 0.6 is 0 Å². The van der Waals surface area contributed by atoms with Gasteiger partial charge < -0.3 is 14.4 Å². The lowest BCUT2D eigenvalue weighted by Crippen LogP contribution is -2.37. The van der Waals surface area contributed by atoms with Crippen molar-refractivity contribution in [1.29, 1.82) is 0 Å². The van der Waals surface area contributed by atoms with Gasteiger partial charge in [0.2, 0.25) is 0 Å². The van der Waals surface area contributed by atoms with Gasteiger partial charge in [0.25, 0.3) is 0 Å². The molecule has 0 unspecified atom stereocenters. The van der Waals surface area contributed by atoms with E-state index in [1.54, 1.807) is 7.11 Å². The number of esters is 1. The molecule has 6 heteroatoms. The van der Waals surface area contributed by atoms with Gasteiger partial charge in [0.1, 0.15) is 5.75 Å². The van der Waals surface area contributed by atoms with Crippen LogP contribution in [0.1, 0.15) is 13.8 Å². The van der Waals surface area contributed by atoms with E-state index in [2.05, 4.69) is 34.2 Å². The molecule has 29 heavy (non-hydrogen) atoms. The third-order valence-electron chi connectivity index (χ3n) is 6.02. The number of allylic oxidation sites excluding steroid dienone is 1. The summed E-state index contributed by atoms with van der Waals surface area (Å²) in [5.41, 5.74) is 1.70. The van der Waals surface area contributed by atoms with Crippen LogP contribution in [0.3, 0.4) is 0 Å². The van der Waals surface area contributed by atoms with Gasteiger partial charge in [0.05, 0.1) is 25.3 Å². The van der Waals surface area contributed by atoms with Crippen LogP contribution in [0.4, 0.5) is 5.82 Å². The lowest BCUT2D eigenvalue weighted by molar-refractivity contribution is -0.151. The summed E-state index contributed by atoms with van der Waals surface area (Å²) >= 11 is 0. The van der Waals surface area contributed by atoms with Crippen molar-refractivity contribution in [3.63, 3.8) is 0 Å². The first kappa shape index (κ1) is 19.4. The van der Waals surface area contributed by atoms with E-state index in [9.17, 15) is 4.79 Å². The minimum Gasteiger partial charge on any atom is -0.496 e. The second-order valence-electron chi connectivity index (χ2n) is 7.73. The summed E-state index contributed by atoms with van der Waals surface area (Å²) in [4.78, 5) is 14.8. The Balaban J connectivity index is 1.53. The Morgan fingerprint density at radius 1 is 1.14 bits per heavy atom. The van der Waals surface area contributed by atoms with Crippen LogP contribution in [0.2, 0.25) is 0 Å². The van der Waals surface area contributed by atoms with Crippen molar-refractivity contribution < 1.29 is 14.3 Å². The van der Waals surface area contributed by atoms with Crippen molar-refractivity contribution in [1.82, 2.24) is 10.2 Å². The van der Waals surface area contributed by atoms with E-state index in [1.807, 2.05) is 43.3 Å². The average Bonchev–Trinajstić information content (AvgIpc) is 3.18. The van der Waals surface area contributed by atoms with Crippen molar-refractivity contribution in [2.24, 2.45) is 23.7 Å². The van der Waals surface area contributed by atoms with Crippen LogP contribution in [0.25, 0.3) is 11.3 Å². The Morgan fingerprint density at radius 2 is 1.97 bits per heavy atom. The first-order chi connectivity index (χ1) is 14.1. The number of aromatic nitrogens is 2. The number of fused-ring (bicyclic) bond motifs is 1. The molecule has 6 nitrogen and oxygen atoms in total.